The molecule has 0 spiro atoms. The second-order valence-corrected chi connectivity index (χ2v) is 4.01. The van der Waals surface area contributed by atoms with Crippen molar-refractivity contribution in [1.82, 2.24) is 0 Å². The zero-order chi connectivity index (χ0) is 7.66. The Hall–Kier alpha value is 0.700. The molecular weight excluding hydrogens is 160 g/mol. The summed E-state index contributed by atoms with van der Waals surface area (Å²) < 4.78 is 0. The Bertz CT molecular complexity index is 47.2. The first kappa shape index (κ1) is 10.7. The summed E-state index contributed by atoms with van der Waals surface area (Å²) in [6.07, 6.45) is 5.52. The minimum Gasteiger partial charge on any atom is -0.161 e. The third-order valence-electron chi connectivity index (χ3n) is 1.37. The summed E-state index contributed by atoms with van der Waals surface area (Å²) in [5, 5.41) is 0. The number of rotatable bonds is 7. The molecule has 0 saturated carbocycles. The number of thioether (sulfide) groups is 1. The van der Waals surface area contributed by atoms with Crippen LogP contribution in [0.1, 0.15) is 32.6 Å². The Morgan fingerprint density at radius 2 is 1.90 bits per heavy atom. The van der Waals surface area contributed by atoms with Crippen LogP contribution < -0.4 is 0 Å². The highest BCUT2D eigenvalue weighted by molar-refractivity contribution is 7.99. The van der Waals surface area contributed by atoms with Crippen LogP contribution in [0, 0.1) is 0 Å². The van der Waals surface area contributed by atoms with Gasteiger partial charge in [0.2, 0.25) is 0 Å². The average molecular weight is 177 g/mol. The molecule has 10 heavy (non-hydrogen) atoms. The zero-order valence-corrected chi connectivity index (χ0v) is 8.40. The van der Waals surface area contributed by atoms with Crippen molar-refractivity contribution in [2.75, 3.05) is 17.3 Å². The van der Waals surface area contributed by atoms with Gasteiger partial charge in [-0.05, 0) is 12.2 Å². The zero-order valence-electron chi connectivity index (χ0n) is 6.77. The van der Waals surface area contributed by atoms with Crippen molar-refractivity contribution in [2.24, 2.45) is 0 Å². The van der Waals surface area contributed by atoms with Crippen molar-refractivity contribution in [3.8, 4) is 0 Å². The first-order valence-electron chi connectivity index (χ1n) is 4.07. The maximum absolute atomic E-state index is 4.83. The minimum atomic E-state index is 0.915. The summed E-state index contributed by atoms with van der Waals surface area (Å²) in [6.45, 7) is 2.25. The van der Waals surface area contributed by atoms with Crippen LogP contribution in [0.3, 0.4) is 0 Å². The maximum atomic E-state index is 4.83. The van der Waals surface area contributed by atoms with Gasteiger partial charge in [0.1, 0.15) is 0 Å². The number of hydrogen-bond donors (Lipinski definition) is 0. The highest BCUT2D eigenvalue weighted by Gasteiger charge is 1.87. The summed E-state index contributed by atoms with van der Waals surface area (Å²) in [7, 11) is 0. The molecule has 0 aromatic heterocycles. The van der Waals surface area contributed by atoms with Crippen molar-refractivity contribution in [2.45, 2.75) is 32.6 Å². The summed E-state index contributed by atoms with van der Waals surface area (Å²) >= 11 is 6.83. The van der Waals surface area contributed by atoms with E-state index in [0.717, 1.165) is 5.75 Å². The molecule has 1 radical (unpaired) electrons. The van der Waals surface area contributed by atoms with Gasteiger partial charge in [0.25, 0.3) is 0 Å². The van der Waals surface area contributed by atoms with Crippen LogP contribution in [-0.4, -0.2) is 17.3 Å². The van der Waals surface area contributed by atoms with Crippen LogP contribution in [0.4, 0.5) is 0 Å². The molecule has 0 aromatic carbocycles. The average Bonchev–Trinajstić information content (AvgIpc) is 1.97. The molecule has 0 amide bonds. The minimum absolute atomic E-state index is 0.915. The van der Waals surface area contributed by atoms with E-state index in [4.69, 9.17) is 12.6 Å². The molecule has 0 unspecified atom stereocenters. The predicted octanol–water partition coefficient (Wildman–Crippen LogP) is 3.50. The lowest BCUT2D eigenvalue weighted by Crippen LogP contribution is -1.84. The van der Waals surface area contributed by atoms with E-state index in [-0.39, 0.29) is 0 Å². The lowest BCUT2D eigenvalue weighted by atomic mass is 10.2. The lowest BCUT2D eigenvalue weighted by molar-refractivity contribution is 0.706. The van der Waals surface area contributed by atoms with Crippen LogP contribution in [0.5, 0.6) is 0 Å². The van der Waals surface area contributed by atoms with Crippen molar-refractivity contribution >= 4 is 24.4 Å². The van der Waals surface area contributed by atoms with Crippen molar-refractivity contribution in [1.29, 1.82) is 0 Å². The van der Waals surface area contributed by atoms with Crippen molar-refractivity contribution in [3.05, 3.63) is 0 Å². The lowest BCUT2D eigenvalue weighted by Gasteiger charge is -1.97. The van der Waals surface area contributed by atoms with E-state index >= 15 is 0 Å². The highest BCUT2D eigenvalue weighted by Crippen LogP contribution is 2.07. The van der Waals surface area contributed by atoms with E-state index < -0.39 is 0 Å². The van der Waals surface area contributed by atoms with Gasteiger partial charge in [-0.25, -0.2) is 0 Å². The molecule has 0 aliphatic carbocycles. The fourth-order valence-electron chi connectivity index (χ4n) is 0.792. The van der Waals surface area contributed by atoms with Crippen LogP contribution in [0.15, 0.2) is 0 Å². The topological polar surface area (TPSA) is 0 Å². The fraction of sp³-hybridized carbons (Fsp3) is 1.00. The second kappa shape index (κ2) is 9.70. The van der Waals surface area contributed by atoms with Crippen molar-refractivity contribution < 1.29 is 0 Å². The molecule has 0 nitrogen and oxygen atoms in total. The maximum Gasteiger partial charge on any atom is 0.0128 e. The summed E-state index contributed by atoms with van der Waals surface area (Å²) in [6, 6.07) is 0. The first-order chi connectivity index (χ1) is 4.91. The molecule has 0 aliphatic heterocycles. The first-order valence-corrected chi connectivity index (χ1v) is 5.81. The molecule has 0 heterocycles. The molecule has 0 N–H and O–H groups in total. The fourth-order valence-corrected chi connectivity index (χ4v) is 1.88. The summed E-state index contributed by atoms with van der Waals surface area (Å²) in [4.78, 5) is 0. The third-order valence-corrected chi connectivity index (χ3v) is 2.90. The van der Waals surface area contributed by atoms with Crippen LogP contribution >= 0.6 is 24.4 Å². The van der Waals surface area contributed by atoms with Gasteiger partial charge in [-0.15, -0.1) is 0 Å². The van der Waals surface area contributed by atoms with Gasteiger partial charge in [0.15, 0.2) is 0 Å². The van der Waals surface area contributed by atoms with E-state index in [2.05, 4.69) is 6.92 Å². The largest absolute Gasteiger partial charge is 0.161 e. The van der Waals surface area contributed by atoms with E-state index in [9.17, 15) is 0 Å². The Balaban J connectivity index is 2.65. The Labute approximate surface area is 74.6 Å². The van der Waals surface area contributed by atoms with Crippen LogP contribution in [0.25, 0.3) is 0 Å². The van der Waals surface area contributed by atoms with Gasteiger partial charge in [0.05, 0.1) is 0 Å². The predicted molar refractivity (Wildman–Crippen MR) is 53.9 cm³/mol. The molecule has 0 rings (SSSR count). The smallest absolute Gasteiger partial charge is 0.0128 e. The van der Waals surface area contributed by atoms with E-state index in [0.29, 0.717) is 0 Å². The van der Waals surface area contributed by atoms with Gasteiger partial charge < -0.3 is 0 Å². The molecule has 0 atom stereocenters. The van der Waals surface area contributed by atoms with Gasteiger partial charge >= 0.3 is 0 Å². The van der Waals surface area contributed by atoms with Gasteiger partial charge in [-0.1, -0.05) is 38.8 Å². The van der Waals surface area contributed by atoms with E-state index in [1.165, 1.54) is 37.2 Å². The molecule has 0 fully saturated rings. The molecular formula is C8H17S2. The Morgan fingerprint density at radius 3 is 2.50 bits per heavy atom. The third kappa shape index (κ3) is 8.70. The molecule has 0 bridgehead atoms. The van der Waals surface area contributed by atoms with Gasteiger partial charge in [-0.2, -0.15) is 11.8 Å². The number of hydrogen-bond acceptors (Lipinski definition) is 1. The van der Waals surface area contributed by atoms with Gasteiger partial charge in [0, 0.05) is 11.5 Å². The van der Waals surface area contributed by atoms with Gasteiger partial charge in [-0.3, -0.25) is 0 Å². The SMILES string of the molecule is CCCCCCSCC[S]. The van der Waals surface area contributed by atoms with Crippen LogP contribution in [0.2, 0.25) is 0 Å². The second-order valence-electron chi connectivity index (χ2n) is 2.38. The van der Waals surface area contributed by atoms with Crippen molar-refractivity contribution in [3.63, 3.8) is 0 Å². The molecule has 0 saturated heterocycles. The van der Waals surface area contributed by atoms with Crippen LogP contribution in [-0.2, 0) is 0 Å². The summed E-state index contributed by atoms with van der Waals surface area (Å²) in [5.41, 5.74) is 0. The standard InChI is InChI=1S/C8H17S2/c1-2-3-4-5-7-10-8-6-9/h2-8H2,1H3. The number of unbranched alkanes of at least 4 members (excludes halogenated alkanes) is 3. The Kier molecular flexibility index (Phi) is 10.4. The monoisotopic (exact) mass is 177 g/mol. The van der Waals surface area contributed by atoms with E-state index in [1.54, 1.807) is 0 Å². The normalized spacial score (nSPS) is 10.2. The molecule has 0 aliphatic rings. The highest BCUT2D eigenvalue weighted by atomic mass is 32.2. The van der Waals surface area contributed by atoms with E-state index in [1.807, 2.05) is 11.8 Å². The molecule has 61 valence electrons. The summed E-state index contributed by atoms with van der Waals surface area (Å²) in [5.74, 6) is 3.40. The molecule has 2 heteroatoms. The quantitative estimate of drug-likeness (QED) is 0.536. The molecule has 0 aromatic rings. The Morgan fingerprint density at radius 1 is 1.10 bits per heavy atom.